The lowest BCUT2D eigenvalue weighted by Crippen LogP contribution is -2.51. The van der Waals surface area contributed by atoms with Crippen LogP contribution in [0.5, 0.6) is 0 Å². The maximum atomic E-state index is 14.1. The molecule has 0 aliphatic heterocycles. The number of carboxylic acids is 2. The molecule has 0 heterocycles. The standard InChI is InChI=1S/C38H31NO7/c40-35(41)24-34(36(42)43)39(37(44)45-25-33-31-22-12-10-20-29(31)30-21-11-13-23-32(30)33)46-38(26-14-4-1-5-15-26,27-16-6-2-7-17-27)28-18-8-3-9-19-28/h1-23,33-34H,24-25H2,(H,40,41)(H,42,43). The first-order valence-electron chi connectivity index (χ1n) is 14.8. The van der Waals surface area contributed by atoms with E-state index in [4.69, 9.17) is 9.57 Å². The van der Waals surface area contributed by atoms with Crippen LogP contribution in [0, 0.1) is 0 Å². The Morgan fingerprint density at radius 2 is 1.04 bits per heavy atom. The van der Waals surface area contributed by atoms with Crippen molar-refractivity contribution >= 4 is 18.0 Å². The van der Waals surface area contributed by atoms with Crippen molar-refractivity contribution < 1.29 is 34.2 Å². The molecule has 0 bridgehead atoms. The predicted molar refractivity (Wildman–Crippen MR) is 171 cm³/mol. The molecule has 1 aliphatic rings. The van der Waals surface area contributed by atoms with E-state index in [1.807, 2.05) is 140 Å². The number of hydrogen-bond donors (Lipinski definition) is 2. The van der Waals surface area contributed by atoms with Gasteiger partial charge < -0.3 is 14.9 Å². The number of hydrogen-bond acceptors (Lipinski definition) is 5. The third kappa shape index (κ3) is 5.74. The molecule has 0 saturated carbocycles. The third-order valence-electron chi connectivity index (χ3n) is 8.23. The van der Waals surface area contributed by atoms with Gasteiger partial charge >= 0.3 is 18.0 Å². The van der Waals surface area contributed by atoms with E-state index in [-0.39, 0.29) is 12.5 Å². The van der Waals surface area contributed by atoms with E-state index in [9.17, 15) is 24.6 Å². The van der Waals surface area contributed by atoms with Gasteiger partial charge in [0, 0.05) is 5.92 Å². The van der Waals surface area contributed by atoms with Crippen LogP contribution in [0.1, 0.15) is 40.2 Å². The fourth-order valence-corrected chi connectivity index (χ4v) is 6.15. The maximum absolute atomic E-state index is 14.1. The van der Waals surface area contributed by atoms with Crippen molar-refractivity contribution in [2.24, 2.45) is 0 Å². The SMILES string of the molecule is O=C(O)CC(C(=O)O)N(OC(c1ccccc1)(c1ccccc1)c1ccccc1)C(=O)OCC1c2ccccc2-c2ccccc21. The number of carboxylic acid groups (broad SMARTS) is 2. The van der Waals surface area contributed by atoms with Gasteiger partial charge in [-0.15, -0.1) is 0 Å². The minimum Gasteiger partial charge on any atom is -0.481 e. The molecule has 5 aromatic carbocycles. The Morgan fingerprint density at radius 1 is 0.630 bits per heavy atom. The highest BCUT2D eigenvalue weighted by Gasteiger charge is 2.46. The highest BCUT2D eigenvalue weighted by atomic mass is 16.7. The Morgan fingerprint density at radius 3 is 1.46 bits per heavy atom. The first-order chi connectivity index (χ1) is 22.4. The van der Waals surface area contributed by atoms with Gasteiger partial charge in [-0.3, -0.25) is 4.79 Å². The summed E-state index contributed by atoms with van der Waals surface area (Å²) >= 11 is 0. The quantitative estimate of drug-likeness (QED) is 0.121. The highest BCUT2D eigenvalue weighted by molar-refractivity contribution is 5.84. The van der Waals surface area contributed by atoms with Crippen molar-refractivity contribution in [2.45, 2.75) is 24.0 Å². The third-order valence-corrected chi connectivity index (χ3v) is 8.23. The lowest BCUT2D eigenvalue weighted by Gasteiger charge is -2.40. The summed E-state index contributed by atoms with van der Waals surface area (Å²) in [6, 6.07) is 40.9. The lowest BCUT2D eigenvalue weighted by molar-refractivity contribution is -0.225. The lowest BCUT2D eigenvalue weighted by atomic mass is 9.80. The van der Waals surface area contributed by atoms with E-state index >= 15 is 0 Å². The number of fused-ring (bicyclic) bond motifs is 3. The Bertz CT molecular complexity index is 1700. The number of ether oxygens (including phenoxy) is 1. The Labute approximate surface area is 266 Å². The number of benzene rings is 5. The van der Waals surface area contributed by atoms with Crippen molar-refractivity contribution in [3.8, 4) is 11.1 Å². The topological polar surface area (TPSA) is 113 Å². The van der Waals surface area contributed by atoms with Gasteiger partial charge in [-0.25, -0.2) is 14.4 Å². The second kappa shape index (κ2) is 13.1. The average molecular weight is 614 g/mol. The Kier molecular flexibility index (Phi) is 8.63. The molecular weight excluding hydrogens is 582 g/mol. The minimum atomic E-state index is -1.91. The maximum Gasteiger partial charge on any atom is 0.434 e. The second-order valence-electron chi connectivity index (χ2n) is 11.0. The molecule has 1 atom stereocenters. The number of rotatable bonds is 11. The second-order valence-corrected chi connectivity index (χ2v) is 11.0. The summed E-state index contributed by atoms with van der Waals surface area (Å²) in [4.78, 5) is 45.4. The van der Waals surface area contributed by atoms with Crippen LogP contribution in [0.4, 0.5) is 4.79 Å². The molecule has 0 fully saturated rings. The van der Waals surface area contributed by atoms with E-state index in [0.717, 1.165) is 22.3 Å². The van der Waals surface area contributed by atoms with Gasteiger partial charge in [0.15, 0.2) is 11.6 Å². The van der Waals surface area contributed by atoms with Gasteiger partial charge in [-0.1, -0.05) is 140 Å². The summed E-state index contributed by atoms with van der Waals surface area (Å²) in [5.41, 5.74) is 4.18. The molecule has 2 N–H and O–H groups in total. The van der Waals surface area contributed by atoms with Gasteiger partial charge in [0.2, 0.25) is 0 Å². The van der Waals surface area contributed by atoms with Crippen LogP contribution in [0.2, 0.25) is 0 Å². The van der Waals surface area contributed by atoms with Crippen LogP contribution in [-0.2, 0) is 24.8 Å². The molecule has 5 aromatic rings. The van der Waals surface area contributed by atoms with Crippen molar-refractivity contribution in [1.29, 1.82) is 0 Å². The highest BCUT2D eigenvalue weighted by Crippen LogP contribution is 2.45. The number of hydroxylamine groups is 2. The smallest absolute Gasteiger partial charge is 0.434 e. The largest absolute Gasteiger partial charge is 0.481 e. The molecule has 0 spiro atoms. The first-order valence-corrected chi connectivity index (χ1v) is 14.8. The first kappa shape index (κ1) is 30.3. The van der Waals surface area contributed by atoms with E-state index in [1.54, 1.807) is 0 Å². The van der Waals surface area contributed by atoms with Crippen molar-refractivity contribution in [3.05, 3.63) is 167 Å². The molecule has 0 aromatic heterocycles. The average Bonchev–Trinajstić information content (AvgIpc) is 3.41. The molecule has 8 nitrogen and oxygen atoms in total. The molecule has 46 heavy (non-hydrogen) atoms. The summed E-state index contributed by atoms with van der Waals surface area (Å²) in [5.74, 6) is -3.29. The van der Waals surface area contributed by atoms with E-state index < -0.39 is 36.1 Å². The molecule has 0 radical (unpaired) electrons. The predicted octanol–water partition coefficient (Wildman–Crippen LogP) is 7.09. The summed E-state index contributed by atoms with van der Waals surface area (Å²) in [6.45, 7) is -0.124. The zero-order valence-electron chi connectivity index (χ0n) is 24.7. The minimum absolute atomic E-state index is 0.124. The fraction of sp³-hybridized carbons (Fsp3) is 0.132. The summed E-state index contributed by atoms with van der Waals surface area (Å²) in [5, 5.41) is 20.6. The van der Waals surface area contributed by atoms with Crippen LogP contribution in [-0.4, -0.2) is 46.0 Å². The van der Waals surface area contributed by atoms with Crippen LogP contribution in [0.3, 0.4) is 0 Å². The van der Waals surface area contributed by atoms with Gasteiger partial charge in [0.25, 0.3) is 0 Å². The molecule has 0 saturated heterocycles. The zero-order valence-corrected chi connectivity index (χ0v) is 24.7. The van der Waals surface area contributed by atoms with Crippen molar-refractivity contribution in [2.75, 3.05) is 6.61 Å². The van der Waals surface area contributed by atoms with Crippen LogP contribution >= 0.6 is 0 Å². The van der Waals surface area contributed by atoms with Gasteiger partial charge in [0.1, 0.15) is 6.61 Å². The van der Waals surface area contributed by atoms with E-state index in [1.165, 1.54) is 0 Å². The number of carbonyl (C=O) groups excluding carboxylic acids is 1. The summed E-state index contributed by atoms with van der Waals surface area (Å²) < 4.78 is 5.87. The van der Waals surface area contributed by atoms with Gasteiger partial charge in [0.05, 0.1) is 6.42 Å². The van der Waals surface area contributed by atoms with Crippen LogP contribution < -0.4 is 0 Å². The number of nitrogens with zero attached hydrogens (tertiary/aromatic N) is 1. The Balaban J connectivity index is 1.45. The number of amides is 1. The normalized spacial score (nSPS) is 12.9. The molecular formula is C38H31NO7. The van der Waals surface area contributed by atoms with Gasteiger partial charge in [-0.2, -0.15) is 5.06 Å². The van der Waals surface area contributed by atoms with E-state index in [2.05, 4.69) is 0 Å². The van der Waals surface area contributed by atoms with Crippen molar-refractivity contribution in [1.82, 2.24) is 5.06 Å². The summed E-state index contributed by atoms with van der Waals surface area (Å²) in [6.07, 6.45) is -2.05. The van der Waals surface area contributed by atoms with E-state index in [0.29, 0.717) is 21.8 Å². The summed E-state index contributed by atoms with van der Waals surface area (Å²) in [7, 11) is 0. The number of carbonyl (C=O) groups is 3. The molecule has 8 heteroatoms. The van der Waals surface area contributed by atoms with Crippen molar-refractivity contribution in [3.63, 3.8) is 0 Å². The monoisotopic (exact) mass is 613 g/mol. The molecule has 1 unspecified atom stereocenters. The van der Waals surface area contributed by atoms with Gasteiger partial charge in [-0.05, 0) is 38.9 Å². The Hall–Kier alpha value is -5.73. The fourth-order valence-electron chi connectivity index (χ4n) is 6.15. The zero-order chi connectivity index (χ0) is 32.1. The molecule has 6 rings (SSSR count). The molecule has 1 amide bonds. The molecule has 1 aliphatic carbocycles. The molecule has 230 valence electrons. The van der Waals surface area contributed by atoms with Crippen LogP contribution in [0.25, 0.3) is 11.1 Å². The number of aliphatic carboxylic acids is 2. The van der Waals surface area contributed by atoms with Crippen LogP contribution in [0.15, 0.2) is 140 Å².